The van der Waals surface area contributed by atoms with Crippen LogP contribution in [-0.2, 0) is 19.6 Å². The van der Waals surface area contributed by atoms with E-state index in [1.165, 1.54) is 13.0 Å². The lowest BCUT2D eigenvalue weighted by atomic mass is 10.0. The van der Waals surface area contributed by atoms with Crippen LogP contribution in [0.15, 0.2) is 64.1 Å². The van der Waals surface area contributed by atoms with E-state index in [0.29, 0.717) is 35.6 Å². The van der Waals surface area contributed by atoms with Crippen LogP contribution < -0.4 is 10.0 Å². The second-order valence-corrected chi connectivity index (χ2v) is 12.0. The number of halogens is 1. The number of allylic oxidation sites excluding steroid dienone is 3. The van der Waals surface area contributed by atoms with Gasteiger partial charge in [0.25, 0.3) is 10.0 Å². The van der Waals surface area contributed by atoms with Crippen LogP contribution in [-0.4, -0.2) is 56.3 Å². The zero-order valence-electron chi connectivity index (χ0n) is 25.9. The summed E-state index contributed by atoms with van der Waals surface area (Å²) in [6.45, 7) is 17.0. The number of nitrogens with one attached hydrogen (secondary N) is 2. The molecule has 0 aliphatic carbocycles. The third-order valence-electron chi connectivity index (χ3n) is 6.33. The number of nitrogens with zero attached hydrogens (tertiary/aromatic N) is 2. The minimum atomic E-state index is -4.19. The summed E-state index contributed by atoms with van der Waals surface area (Å²) in [5, 5.41) is 6.45. The van der Waals surface area contributed by atoms with Crippen molar-refractivity contribution in [1.29, 1.82) is 0 Å². The first kappa shape index (κ1) is 36.5. The standard InChI is InChI=1S/C27H34FN3O5S.C4H11N/c1-7-11-25(33)31(23(17-32)18(3)4)16-21(8-2)15-14-19(5)22-12-9-10-13-24(22)37(34,35)30-27-26(28)20(6)36-29-27;1-4(2)5-3/h8-10,12-15,17-18,23H,2,7,11,16H2,1,3-6H3,(H,29,30);4-5H,1-3H3/b19-14+,21-15+;. The summed E-state index contributed by atoms with van der Waals surface area (Å²) in [6, 6.07) is 6.33. The molecule has 0 aliphatic rings. The first-order valence-electron chi connectivity index (χ1n) is 13.9. The Morgan fingerprint density at radius 3 is 2.29 bits per heavy atom. The number of sulfonamides is 1. The number of amides is 1. The van der Waals surface area contributed by atoms with E-state index < -0.39 is 27.7 Å². The highest BCUT2D eigenvalue weighted by atomic mass is 32.2. The van der Waals surface area contributed by atoms with E-state index in [1.807, 2.05) is 27.8 Å². The molecule has 1 heterocycles. The molecule has 2 N–H and O–H groups in total. The smallest absolute Gasteiger partial charge is 0.263 e. The van der Waals surface area contributed by atoms with Crippen molar-refractivity contribution < 1.29 is 26.9 Å². The van der Waals surface area contributed by atoms with Gasteiger partial charge in [-0.15, -0.1) is 0 Å². The van der Waals surface area contributed by atoms with Crippen molar-refractivity contribution in [3.63, 3.8) is 0 Å². The third-order valence-corrected chi connectivity index (χ3v) is 7.73. The van der Waals surface area contributed by atoms with Crippen LogP contribution >= 0.6 is 0 Å². The van der Waals surface area contributed by atoms with Crippen LogP contribution in [0.25, 0.3) is 5.57 Å². The van der Waals surface area contributed by atoms with Crippen LogP contribution in [0.1, 0.15) is 65.7 Å². The molecular formula is C31H45FN4O5S. The van der Waals surface area contributed by atoms with Gasteiger partial charge < -0.3 is 19.5 Å². The van der Waals surface area contributed by atoms with Gasteiger partial charge in [-0.1, -0.05) is 82.8 Å². The molecule has 0 radical (unpaired) electrons. The molecule has 11 heteroatoms. The van der Waals surface area contributed by atoms with Crippen molar-refractivity contribution in [2.45, 2.75) is 78.3 Å². The maximum absolute atomic E-state index is 14.1. The molecule has 1 aromatic carbocycles. The largest absolute Gasteiger partial charge is 0.356 e. The molecule has 9 nitrogen and oxygen atoms in total. The number of anilines is 1. The monoisotopic (exact) mass is 604 g/mol. The Bertz CT molecular complexity index is 1360. The minimum Gasteiger partial charge on any atom is -0.356 e. The van der Waals surface area contributed by atoms with Crippen molar-refractivity contribution in [2.75, 3.05) is 18.3 Å². The van der Waals surface area contributed by atoms with Gasteiger partial charge >= 0.3 is 0 Å². The van der Waals surface area contributed by atoms with E-state index in [-0.39, 0.29) is 29.0 Å². The molecule has 42 heavy (non-hydrogen) atoms. The fourth-order valence-electron chi connectivity index (χ4n) is 3.65. The Labute approximate surface area is 250 Å². The normalized spacial score (nSPS) is 12.9. The van der Waals surface area contributed by atoms with Crippen LogP contribution in [0.5, 0.6) is 0 Å². The lowest BCUT2D eigenvalue weighted by molar-refractivity contribution is -0.137. The van der Waals surface area contributed by atoms with E-state index >= 15 is 0 Å². The lowest BCUT2D eigenvalue weighted by Gasteiger charge is -2.31. The van der Waals surface area contributed by atoms with E-state index in [2.05, 4.69) is 35.6 Å². The number of carbonyl (C=O) groups excluding carboxylic acids is 2. The number of rotatable bonds is 14. The summed E-state index contributed by atoms with van der Waals surface area (Å²) in [5.74, 6) is -1.73. The van der Waals surface area contributed by atoms with Gasteiger partial charge in [-0.05, 0) is 56.0 Å². The third kappa shape index (κ3) is 10.7. The number of hydrogen-bond acceptors (Lipinski definition) is 7. The zero-order valence-corrected chi connectivity index (χ0v) is 26.7. The maximum Gasteiger partial charge on any atom is 0.263 e. The molecule has 1 amide bonds. The Morgan fingerprint density at radius 1 is 1.19 bits per heavy atom. The summed E-state index contributed by atoms with van der Waals surface area (Å²) < 4.78 is 47.0. The Balaban J connectivity index is 0.00000162. The topological polar surface area (TPSA) is 122 Å². The predicted octanol–water partition coefficient (Wildman–Crippen LogP) is 5.91. The molecular weight excluding hydrogens is 559 g/mol. The highest BCUT2D eigenvalue weighted by Gasteiger charge is 2.26. The van der Waals surface area contributed by atoms with Gasteiger partial charge in [0.1, 0.15) is 6.29 Å². The number of carbonyl (C=O) groups is 2. The van der Waals surface area contributed by atoms with Crippen LogP contribution in [0.2, 0.25) is 0 Å². The average Bonchev–Trinajstić information content (AvgIpc) is 3.26. The molecule has 232 valence electrons. The lowest BCUT2D eigenvalue weighted by Crippen LogP contribution is -2.45. The van der Waals surface area contributed by atoms with Crippen molar-refractivity contribution in [1.82, 2.24) is 15.4 Å². The van der Waals surface area contributed by atoms with Gasteiger partial charge in [-0.3, -0.25) is 9.52 Å². The number of benzene rings is 1. The zero-order chi connectivity index (χ0) is 32.0. The summed E-state index contributed by atoms with van der Waals surface area (Å²) in [4.78, 5) is 26.0. The van der Waals surface area contributed by atoms with Gasteiger partial charge in [0.05, 0.1) is 10.9 Å². The Kier molecular flexibility index (Phi) is 15.1. The maximum atomic E-state index is 14.1. The van der Waals surface area contributed by atoms with E-state index in [9.17, 15) is 22.4 Å². The van der Waals surface area contributed by atoms with Crippen LogP contribution in [0.4, 0.5) is 10.2 Å². The summed E-state index contributed by atoms with van der Waals surface area (Å²) in [6.07, 6.45) is 6.79. The van der Waals surface area contributed by atoms with Gasteiger partial charge in [0.15, 0.2) is 5.76 Å². The molecule has 0 fully saturated rings. The molecule has 0 saturated heterocycles. The highest BCUT2D eigenvalue weighted by Crippen LogP contribution is 2.27. The average molecular weight is 605 g/mol. The van der Waals surface area contributed by atoms with Gasteiger partial charge in [0, 0.05) is 19.0 Å². The SMILES string of the molecule is C=C/C(=C\C=C(/C)c1ccccc1S(=O)(=O)Nc1noc(C)c1F)CN(C(=O)CCC)C(C=O)C(C)C.CNC(C)C. The van der Waals surface area contributed by atoms with E-state index in [0.717, 1.165) is 6.29 Å². The predicted molar refractivity (Wildman–Crippen MR) is 166 cm³/mol. The first-order chi connectivity index (χ1) is 19.7. The van der Waals surface area contributed by atoms with Gasteiger partial charge in [0.2, 0.25) is 17.5 Å². The van der Waals surface area contributed by atoms with E-state index in [4.69, 9.17) is 4.52 Å². The molecule has 1 atom stereocenters. The van der Waals surface area contributed by atoms with E-state index in [1.54, 1.807) is 48.3 Å². The molecule has 0 aliphatic heterocycles. The fourth-order valence-corrected chi connectivity index (χ4v) is 4.91. The Hall–Kier alpha value is -3.57. The summed E-state index contributed by atoms with van der Waals surface area (Å²) in [5.41, 5.74) is 1.66. The second-order valence-electron chi connectivity index (χ2n) is 10.4. The Morgan fingerprint density at radius 2 is 1.81 bits per heavy atom. The molecule has 1 unspecified atom stereocenters. The molecule has 1 aromatic heterocycles. The minimum absolute atomic E-state index is 0.0652. The van der Waals surface area contributed by atoms with Crippen molar-refractivity contribution in [2.24, 2.45) is 5.92 Å². The highest BCUT2D eigenvalue weighted by molar-refractivity contribution is 7.92. The number of hydrogen-bond donors (Lipinski definition) is 2. The molecule has 0 spiro atoms. The quantitative estimate of drug-likeness (QED) is 0.203. The first-order valence-corrected chi connectivity index (χ1v) is 15.4. The van der Waals surface area contributed by atoms with Crippen molar-refractivity contribution >= 4 is 33.6 Å². The van der Waals surface area contributed by atoms with Crippen LogP contribution in [0, 0.1) is 18.7 Å². The van der Waals surface area contributed by atoms with Gasteiger partial charge in [-0.25, -0.2) is 8.42 Å². The molecule has 2 rings (SSSR count). The fraction of sp³-hybridized carbons (Fsp3) is 0.452. The van der Waals surface area contributed by atoms with Crippen LogP contribution in [0.3, 0.4) is 0 Å². The van der Waals surface area contributed by atoms with Crippen molar-refractivity contribution in [3.05, 3.63) is 71.8 Å². The summed E-state index contributed by atoms with van der Waals surface area (Å²) in [7, 11) is -2.24. The second kappa shape index (κ2) is 17.4. The molecule has 0 saturated carbocycles. The number of aryl methyl sites for hydroxylation is 1. The summed E-state index contributed by atoms with van der Waals surface area (Å²) >= 11 is 0. The number of aldehydes is 1. The molecule has 2 aromatic rings. The van der Waals surface area contributed by atoms with Gasteiger partial charge in [-0.2, -0.15) is 4.39 Å². The molecule has 0 bridgehead atoms. The number of aromatic nitrogens is 1. The van der Waals surface area contributed by atoms with Crippen molar-refractivity contribution in [3.8, 4) is 0 Å².